The van der Waals surface area contributed by atoms with Crippen LogP contribution in [0.25, 0.3) is 0 Å². The van der Waals surface area contributed by atoms with Crippen LogP contribution in [0.3, 0.4) is 0 Å². The Morgan fingerprint density at radius 1 is 1.22 bits per heavy atom. The molecule has 2 fully saturated rings. The summed E-state index contributed by atoms with van der Waals surface area (Å²) in [5.41, 5.74) is -0.988. The lowest BCUT2D eigenvalue weighted by Gasteiger charge is -2.37. The van der Waals surface area contributed by atoms with Crippen molar-refractivity contribution in [2.75, 3.05) is 6.61 Å². The standard InChI is InChI=1S/C18H30N2O6Si/c1-17(2,3)27(6,7)23-10-11-13-14(26-18(4,5)25-13)15(24-11)20-9-8-12(21)19-16(20)22/h8-9,11,13-15H,10H2,1-7H3,(H,19,21,22)/t11-,13-,14-,15-/m1/s1/i19+1. The van der Waals surface area contributed by atoms with Gasteiger partial charge in [-0.15, -0.1) is 0 Å². The Morgan fingerprint density at radius 2 is 1.85 bits per heavy atom. The Morgan fingerprint density at radius 3 is 2.44 bits per heavy atom. The lowest BCUT2D eigenvalue weighted by Crippen LogP contribution is -2.44. The highest BCUT2D eigenvalue weighted by atomic mass is 28.4. The normalized spacial score (nSPS) is 30.5. The Bertz CT molecular complexity index is 809. The Labute approximate surface area is 159 Å². The molecule has 0 aliphatic carbocycles. The zero-order valence-corrected chi connectivity index (χ0v) is 18.1. The van der Waals surface area contributed by atoms with Crippen LogP contribution in [0.1, 0.15) is 40.8 Å². The first kappa shape index (κ1) is 20.5. The van der Waals surface area contributed by atoms with Gasteiger partial charge in [-0.1, -0.05) is 20.8 Å². The van der Waals surface area contributed by atoms with Gasteiger partial charge < -0.3 is 18.6 Å². The van der Waals surface area contributed by atoms with Gasteiger partial charge >= 0.3 is 5.69 Å². The Kier molecular flexibility index (Phi) is 5.05. The molecule has 152 valence electrons. The minimum Gasteiger partial charge on any atom is -0.414 e. The van der Waals surface area contributed by atoms with E-state index < -0.39 is 37.7 Å². The summed E-state index contributed by atoms with van der Waals surface area (Å²) in [6.07, 6.45) is -0.441. The van der Waals surface area contributed by atoms with Crippen LogP contribution < -0.4 is 11.2 Å². The second-order valence-corrected chi connectivity index (χ2v) is 14.0. The number of H-pyrrole nitrogens is 1. The van der Waals surface area contributed by atoms with Crippen LogP contribution in [0.5, 0.6) is 0 Å². The van der Waals surface area contributed by atoms with E-state index in [9.17, 15) is 9.59 Å². The van der Waals surface area contributed by atoms with Gasteiger partial charge in [0.05, 0.1) is 6.61 Å². The summed E-state index contributed by atoms with van der Waals surface area (Å²) >= 11 is 0. The topological polar surface area (TPSA) is 91.8 Å². The number of fused-ring (bicyclic) bond motifs is 1. The third kappa shape index (κ3) is 3.97. The molecule has 0 bridgehead atoms. The average molecular weight is 400 g/mol. The molecule has 0 aromatic carbocycles. The average Bonchev–Trinajstić information content (AvgIpc) is 2.98. The summed E-state index contributed by atoms with van der Waals surface area (Å²) in [6, 6.07) is 1.29. The van der Waals surface area contributed by atoms with E-state index in [0.717, 1.165) is 0 Å². The lowest BCUT2D eigenvalue weighted by atomic mass is 10.1. The molecule has 9 heteroatoms. The first-order valence-corrected chi connectivity index (χ1v) is 12.2. The number of rotatable bonds is 4. The number of nitrogens with zero attached hydrogens (tertiary/aromatic N) is 1. The van der Waals surface area contributed by atoms with Gasteiger partial charge in [0, 0.05) is 12.3 Å². The molecular formula is C18H30N2O6Si. The molecule has 0 spiro atoms. The van der Waals surface area contributed by atoms with Gasteiger partial charge in [-0.3, -0.25) is 14.3 Å². The monoisotopic (exact) mass is 399 g/mol. The van der Waals surface area contributed by atoms with Gasteiger partial charge in [0.2, 0.25) is 0 Å². The fraction of sp³-hybridized carbons (Fsp3) is 0.778. The second kappa shape index (κ2) is 6.66. The van der Waals surface area contributed by atoms with Crippen molar-refractivity contribution >= 4 is 8.32 Å². The largest absolute Gasteiger partial charge is 0.414 e. The molecule has 2 aliphatic heterocycles. The van der Waals surface area contributed by atoms with Crippen LogP contribution >= 0.6 is 0 Å². The Hall–Kier alpha value is -1.26. The van der Waals surface area contributed by atoms with Crippen LogP contribution in [0.15, 0.2) is 21.9 Å². The van der Waals surface area contributed by atoms with E-state index >= 15 is 0 Å². The molecule has 4 atom stereocenters. The predicted octanol–water partition coefficient (Wildman–Crippen LogP) is 1.98. The van der Waals surface area contributed by atoms with Gasteiger partial charge in [0.1, 0.15) is 18.3 Å². The zero-order valence-electron chi connectivity index (χ0n) is 17.1. The van der Waals surface area contributed by atoms with Crippen molar-refractivity contribution in [2.45, 2.75) is 83.1 Å². The molecular weight excluding hydrogens is 369 g/mol. The second-order valence-electron chi connectivity index (χ2n) is 9.22. The van der Waals surface area contributed by atoms with Gasteiger partial charge in [0.25, 0.3) is 5.56 Å². The van der Waals surface area contributed by atoms with Crippen LogP contribution in [0, 0.1) is 0 Å². The summed E-state index contributed by atoms with van der Waals surface area (Å²) in [5.74, 6) is -0.779. The van der Waals surface area contributed by atoms with Crippen molar-refractivity contribution in [2.24, 2.45) is 0 Å². The van der Waals surface area contributed by atoms with Crippen LogP contribution in [0.4, 0.5) is 0 Å². The lowest BCUT2D eigenvalue weighted by molar-refractivity contribution is -0.200. The minimum absolute atomic E-state index is 0.0760. The predicted molar refractivity (Wildman–Crippen MR) is 102 cm³/mol. The molecule has 1 N–H and O–H groups in total. The van der Waals surface area contributed by atoms with Crippen LogP contribution in [-0.2, 0) is 18.6 Å². The minimum atomic E-state index is -1.96. The summed E-state index contributed by atoms with van der Waals surface area (Å²) in [6.45, 7) is 14.9. The van der Waals surface area contributed by atoms with Crippen molar-refractivity contribution in [3.63, 3.8) is 0 Å². The number of hydrogen-bond acceptors (Lipinski definition) is 6. The number of aromatic nitrogens is 2. The maximum atomic E-state index is 12.2. The van der Waals surface area contributed by atoms with E-state index in [1.165, 1.54) is 16.8 Å². The number of hydrogen-bond donors (Lipinski definition) is 1. The summed E-state index contributed by atoms with van der Waals surface area (Å²) in [4.78, 5) is 25.9. The Balaban J connectivity index is 1.84. The first-order valence-electron chi connectivity index (χ1n) is 9.27. The van der Waals surface area contributed by atoms with E-state index in [2.05, 4.69) is 38.8 Å². The molecule has 2 saturated heterocycles. The van der Waals surface area contributed by atoms with E-state index in [1.807, 2.05) is 13.8 Å². The summed E-state index contributed by atoms with van der Waals surface area (Å²) < 4.78 is 25.9. The highest BCUT2D eigenvalue weighted by Crippen LogP contribution is 2.43. The molecule has 0 unspecified atom stereocenters. The fourth-order valence-electron chi connectivity index (χ4n) is 3.15. The van der Waals surface area contributed by atoms with Gasteiger partial charge in [-0.25, -0.2) is 4.79 Å². The van der Waals surface area contributed by atoms with Gasteiger partial charge in [-0.2, -0.15) is 0 Å². The smallest absolute Gasteiger partial charge is 0.330 e. The van der Waals surface area contributed by atoms with Gasteiger partial charge in [0.15, 0.2) is 20.3 Å². The molecule has 0 saturated carbocycles. The molecule has 1 aromatic heterocycles. The van der Waals surface area contributed by atoms with E-state index in [0.29, 0.717) is 6.61 Å². The zero-order chi connectivity index (χ0) is 20.2. The molecule has 0 radical (unpaired) electrons. The van der Waals surface area contributed by atoms with Crippen molar-refractivity contribution in [3.8, 4) is 0 Å². The molecule has 8 nitrogen and oxygen atoms in total. The first-order chi connectivity index (χ1) is 12.3. The van der Waals surface area contributed by atoms with E-state index in [4.69, 9.17) is 18.6 Å². The van der Waals surface area contributed by atoms with E-state index in [-0.39, 0.29) is 17.2 Å². The number of nitrogens with one attached hydrogen (secondary N) is 1. The van der Waals surface area contributed by atoms with E-state index in [1.54, 1.807) is 0 Å². The summed E-state index contributed by atoms with van der Waals surface area (Å²) in [5, 5.41) is 0.0760. The van der Waals surface area contributed by atoms with Crippen LogP contribution in [0.2, 0.25) is 18.1 Å². The maximum Gasteiger partial charge on any atom is 0.330 e. The molecule has 1 aromatic rings. The fourth-order valence-corrected chi connectivity index (χ4v) is 4.17. The SMILES string of the molecule is CC1(C)O[C@@H]2[C@H](O1)[C@@H](CO[Si](C)(C)C(C)(C)C)O[C@H]2n1ccc(=O)[15nH]c1=O. The molecule has 27 heavy (non-hydrogen) atoms. The highest BCUT2D eigenvalue weighted by molar-refractivity contribution is 6.74. The van der Waals surface area contributed by atoms with Crippen molar-refractivity contribution in [3.05, 3.63) is 33.1 Å². The third-order valence-electron chi connectivity index (χ3n) is 5.67. The summed E-state index contributed by atoms with van der Waals surface area (Å²) in [7, 11) is -1.96. The van der Waals surface area contributed by atoms with Crippen molar-refractivity contribution in [1.82, 2.24) is 9.55 Å². The van der Waals surface area contributed by atoms with Crippen molar-refractivity contribution < 1.29 is 18.6 Å². The number of ether oxygens (including phenoxy) is 3. The quantitative estimate of drug-likeness (QED) is 0.779. The molecule has 2 aliphatic rings. The van der Waals surface area contributed by atoms with Gasteiger partial charge in [-0.05, 0) is 32.0 Å². The third-order valence-corrected chi connectivity index (χ3v) is 10.2. The molecule has 3 rings (SSSR count). The molecule has 0 amide bonds. The molecule has 3 heterocycles. The highest BCUT2D eigenvalue weighted by Gasteiger charge is 2.56. The maximum absolute atomic E-state index is 12.2. The van der Waals surface area contributed by atoms with Crippen molar-refractivity contribution in [1.29, 1.82) is 0 Å². The number of aromatic amines is 1. The van der Waals surface area contributed by atoms with Crippen LogP contribution in [-0.4, -0.2) is 48.6 Å².